The number of aliphatic hydroxyl groups is 2. The highest BCUT2D eigenvalue weighted by atomic mass is 32.2. The van der Waals surface area contributed by atoms with Crippen LogP contribution in [0.4, 0.5) is 0 Å². The fraction of sp³-hybridized carbons (Fsp3) is 0.714. The summed E-state index contributed by atoms with van der Waals surface area (Å²) in [7, 11) is -1.57. The molecule has 0 aliphatic heterocycles. The first-order chi connectivity index (χ1) is 7.72. The van der Waals surface area contributed by atoms with Crippen LogP contribution in [0.1, 0.15) is 0 Å². The fourth-order valence-corrected chi connectivity index (χ4v) is 2.21. The molecule has 0 saturated heterocycles. The molecular formula is C7H12N4O4S. The first-order valence-electron chi connectivity index (χ1n) is 4.54. The lowest BCUT2D eigenvalue weighted by Crippen LogP contribution is -2.19. The van der Waals surface area contributed by atoms with E-state index in [1.165, 1.54) is 4.68 Å². The summed E-state index contributed by atoms with van der Waals surface area (Å²) in [5, 5.41) is 28.0. The average molecular weight is 248 g/mol. The van der Waals surface area contributed by atoms with Crippen LogP contribution in [0.3, 0.4) is 0 Å². The van der Waals surface area contributed by atoms with Gasteiger partial charge in [0.25, 0.3) is 0 Å². The molecule has 2 N–H and O–H groups in total. The van der Waals surface area contributed by atoms with Gasteiger partial charge in [-0.3, -0.25) is 4.21 Å². The van der Waals surface area contributed by atoms with Gasteiger partial charge in [0.05, 0.1) is 30.6 Å². The van der Waals surface area contributed by atoms with Crippen molar-refractivity contribution in [3.05, 3.63) is 0 Å². The SMILES string of the molecule is O=CC(CO)CS(=O)c1nnnn1CCO. The number of aliphatic hydroxyl groups excluding tert-OH is 2. The van der Waals surface area contributed by atoms with E-state index in [4.69, 9.17) is 10.2 Å². The molecule has 2 unspecified atom stereocenters. The summed E-state index contributed by atoms with van der Waals surface area (Å²) in [6.45, 7) is -0.401. The molecule has 0 fully saturated rings. The molecule has 16 heavy (non-hydrogen) atoms. The van der Waals surface area contributed by atoms with Gasteiger partial charge >= 0.3 is 0 Å². The largest absolute Gasteiger partial charge is 0.396 e. The Hall–Kier alpha value is -1.19. The van der Waals surface area contributed by atoms with Gasteiger partial charge in [0.15, 0.2) is 0 Å². The standard InChI is InChI=1S/C7H12N4O4S/c12-2-1-11-7(8-9-10-11)16(15)5-6(3-13)4-14/h3,6,12,14H,1-2,4-5H2. The molecule has 1 rings (SSSR count). The van der Waals surface area contributed by atoms with Crippen LogP contribution >= 0.6 is 0 Å². The van der Waals surface area contributed by atoms with Crippen LogP contribution in [0.5, 0.6) is 0 Å². The number of carbonyl (C=O) groups excluding carboxylic acids is 1. The fourth-order valence-electron chi connectivity index (χ4n) is 0.999. The minimum absolute atomic E-state index is 0.0359. The number of hydrogen-bond donors (Lipinski definition) is 2. The van der Waals surface area contributed by atoms with Crippen molar-refractivity contribution in [1.29, 1.82) is 0 Å². The molecule has 1 aromatic rings. The highest BCUT2D eigenvalue weighted by Gasteiger charge is 2.18. The second-order valence-corrected chi connectivity index (χ2v) is 4.39. The Kier molecular flexibility index (Phi) is 5.15. The molecule has 1 aromatic heterocycles. The van der Waals surface area contributed by atoms with Crippen molar-refractivity contribution >= 4 is 17.1 Å². The Morgan fingerprint density at radius 1 is 1.50 bits per heavy atom. The maximum absolute atomic E-state index is 11.7. The van der Waals surface area contributed by atoms with Crippen molar-refractivity contribution in [2.45, 2.75) is 11.7 Å². The summed E-state index contributed by atoms with van der Waals surface area (Å²) >= 11 is 0. The van der Waals surface area contributed by atoms with E-state index in [2.05, 4.69) is 15.5 Å². The van der Waals surface area contributed by atoms with Gasteiger partial charge in [-0.15, -0.1) is 0 Å². The molecule has 0 amide bonds. The Balaban J connectivity index is 2.71. The summed E-state index contributed by atoms with van der Waals surface area (Å²) in [4.78, 5) is 10.5. The Morgan fingerprint density at radius 2 is 2.25 bits per heavy atom. The quantitative estimate of drug-likeness (QED) is 0.515. The second-order valence-electron chi connectivity index (χ2n) is 3.00. The third-order valence-corrected chi connectivity index (χ3v) is 3.24. The predicted molar refractivity (Wildman–Crippen MR) is 52.8 cm³/mol. The van der Waals surface area contributed by atoms with Gasteiger partial charge in [0.1, 0.15) is 6.29 Å². The molecule has 9 heteroatoms. The molecule has 90 valence electrons. The maximum Gasteiger partial charge on any atom is 0.239 e. The van der Waals surface area contributed by atoms with Gasteiger partial charge in [0, 0.05) is 11.7 Å². The Bertz CT molecular complexity index is 369. The van der Waals surface area contributed by atoms with E-state index in [1.807, 2.05) is 0 Å². The van der Waals surface area contributed by atoms with Crippen molar-refractivity contribution in [3.8, 4) is 0 Å². The van der Waals surface area contributed by atoms with Gasteiger partial charge in [0.2, 0.25) is 5.16 Å². The van der Waals surface area contributed by atoms with Gasteiger partial charge in [-0.05, 0) is 10.4 Å². The lowest BCUT2D eigenvalue weighted by Gasteiger charge is -2.05. The zero-order valence-corrected chi connectivity index (χ0v) is 9.21. The lowest BCUT2D eigenvalue weighted by molar-refractivity contribution is -0.111. The molecule has 2 atom stereocenters. The van der Waals surface area contributed by atoms with Crippen molar-refractivity contribution in [2.75, 3.05) is 19.0 Å². The van der Waals surface area contributed by atoms with Crippen LogP contribution in [0, 0.1) is 5.92 Å². The normalized spacial score (nSPS) is 14.6. The second kappa shape index (κ2) is 6.40. The van der Waals surface area contributed by atoms with Crippen LogP contribution in [0.2, 0.25) is 0 Å². The van der Waals surface area contributed by atoms with Crippen LogP contribution in [0.25, 0.3) is 0 Å². The van der Waals surface area contributed by atoms with Crippen molar-refractivity contribution in [3.63, 3.8) is 0 Å². The molecule has 8 nitrogen and oxygen atoms in total. The number of carbonyl (C=O) groups is 1. The summed E-state index contributed by atoms with van der Waals surface area (Å²) < 4.78 is 12.9. The third-order valence-electron chi connectivity index (χ3n) is 1.81. The van der Waals surface area contributed by atoms with E-state index in [0.29, 0.717) is 6.29 Å². The minimum Gasteiger partial charge on any atom is -0.396 e. The van der Waals surface area contributed by atoms with E-state index in [-0.39, 0.29) is 30.7 Å². The number of aromatic nitrogens is 4. The van der Waals surface area contributed by atoms with Crippen LogP contribution in [-0.4, -0.2) is 59.9 Å². The maximum atomic E-state index is 11.7. The monoisotopic (exact) mass is 248 g/mol. The number of aldehydes is 1. The van der Waals surface area contributed by atoms with E-state index in [0.717, 1.165) is 0 Å². The molecule has 0 bridgehead atoms. The van der Waals surface area contributed by atoms with E-state index in [9.17, 15) is 9.00 Å². The van der Waals surface area contributed by atoms with Crippen LogP contribution < -0.4 is 0 Å². The first kappa shape index (κ1) is 12.9. The number of hydrogen-bond acceptors (Lipinski definition) is 7. The van der Waals surface area contributed by atoms with Gasteiger partial charge < -0.3 is 15.0 Å². The minimum atomic E-state index is -1.57. The topological polar surface area (TPSA) is 118 Å². The smallest absolute Gasteiger partial charge is 0.239 e. The molecule has 0 saturated carbocycles. The molecule has 1 heterocycles. The zero-order chi connectivity index (χ0) is 12.0. The van der Waals surface area contributed by atoms with Crippen molar-refractivity contribution in [2.24, 2.45) is 5.92 Å². The Labute approximate surface area is 93.7 Å². The molecule has 0 aliphatic carbocycles. The summed E-state index contributed by atoms with van der Waals surface area (Å²) in [5.74, 6) is -0.730. The average Bonchev–Trinajstić information content (AvgIpc) is 2.74. The lowest BCUT2D eigenvalue weighted by atomic mass is 10.2. The Morgan fingerprint density at radius 3 is 2.81 bits per heavy atom. The van der Waals surface area contributed by atoms with Crippen molar-refractivity contribution < 1.29 is 19.2 Å². The highest BCUT2D eigenvalue weighted by Crippen LogP contribution is 2.04. The van der Waals surface area contributed by atoms with Gasteiger partial charge in [-0.2, -0.15) is 0 Å². The zero-order valence-electron chi connectivity index (χ0n) is 8.39. The summed E-state index contributed by atoms with van der Waals surface area (Å²) in [6, 6.07) is 0. The van der Waals surface area contributed by atoms with Crippen molar-refractivity contribution in [1.82, 2.24) is 20.2 Å². The van der Waals surface area contributed by atoms with E-state index >= 15 is 0 Å². The number of tetrazole rings is 1. The van der Waals surface area contributed by atoms with E-state index < -0.39 is 16.7 Å². The predicted octanol–water partition coefficient (Wildman–Crippen LogP) is -2.42. The van der Waals surface area contributed by atoms with Gasteiger partial charge in [-0.25, -0.2) is 4.68 Å². The molecule has 0 aliphatic rings. The molecule has 0 spiro atoms. The highest BCUT2D eigenvalue weighted by molar-refractivity contribution is 7.84. The van der Waals surface area contributed by atoms with Crippen LogP contribution in [0.15, 0.2) is 5.16 Å². The third kappa shape index (κ3) is 3.15. The molecule has 0 aromatic carbocycles. The summed E-state index contributed by atoms with van der Waals surface area (Å²) in [6.07, 6.45) is 0.540. The number of nitrogens with zero attached hydrogens (tertiary/aromatic N) is 4. The first-order valence-corrected chi connectivity index (χ1v) is 5.86. The molecule has 0 radical (unpaired) electrons. The molecular weight excluding hydrogens is 236 g/mol. The summed E-state index contributed by atoms with van der Waals surface area (Å²) in [5.41, 5.74) is 0. The number of rotatable bonds is 7. The van der Waals surface area contributed by atoms with Gasteiger partial charge in [-0.1, -0.05) is 5.10 Å². The van der Waals surface area contributed by atoms with E-state index in [1.54, 1.807) is 0 Å². The van der Waals surface area contributed by atoms with Crippen LogP contribution in [-0.2, 0) is 22.1 Å².